The molecule has 4 heteroatoms. The number of rotatable bonds is 3. The highest BCUT2D eigenvalue weighted by Gasteiger charge is 2.12. The van der Waals surface area contributed by atoms with Crippen LogP contribution in [0.15, 0.2) is 18.5 Å². The molecule has 15 heavy (non-hydrogen) atoms. The number of ether oxygens (including phenoxy) is 2. The van der Waals surface area contributed by atoms with Gasteiger partial charge >= 0.3 is 0 Å². The first-order valence-electron chi connectivity index (χ1n) is 5.17. The van der Waals surface area contributed by atoms with Crippen molar-refractivity contribution >= 4 is 0 Å². The minimum atomic E-state index is 0.827. The smallest absolute Gasteiger partial charge is 0.141 e. The third-order valence-electron chi connectivity index (χ3n) is 2.59. The highest BCUT2D eigenvalue weighted by molar-refractivity contribution is 5.29. The lowest BCUT2D eigenvalue weighted by Crippen LogP contribution is -2.35. The predicted octanol–water partition coefficient (Wildman–Crippen LogP) is 0.922. The van der Waals surface area contributed by atoms with Gasteiger partial charge in [0.2, 0.25) is 0 Å². The molecule has 1 fully saturated rings. The van der Waals surface area contributed by atoms with Crippen LogP contribution in [-0.2, 0) is 11.3 Å². The number of aromatic nitrogens is 1. The van der Waals surface area contributed by atoms with Crippen molar-refractivity contribution in [2.45, 2.75) is 6.54 Å². The molecule has 1 saturated heterocycles. The predicted molar refractivity (Wildman–Crippen MR) is 56.9 cm³/mol. The first-order valence-corrected chi connectivity index (χ1v) is 5.17. The van der Waals surface area contributed by atoms with E-state index in [1.165, 1.54) is 5.56 Å². The van der Waals surface area contributed by atoms with Crippen LogP contribution in [0.2, 0.25) is 0 Å². The fraction of sp³-hybridized carbons (Fsp3) is 0.545. The molecule has 0 aromatic carbocycles. The average Bonchev–Trinajstić information content (AvgIpc) is 2.31. The molecule has 0 bridgehead atoms. The molecule has 1 aromatic rings. The van der Waals surface area contributed by atoms with E-state index in [9.17, 15) is 0 Å². The number of hydrogen-bond donors (Lipinski definition) is 0. The van der Waals surface area contributed by atoms with Crippen LogP contribution in [0, 0.1) is 0 Å². The molecule has 4 nitrogen and oxygen atoms in total. The lowest BCUT2D eigenvalue weighted by Gasteiger charge is -2.26. The van der Waals surface area contributed by atoms with Gasteiger partial charge in [-0.25, -0.2) is 0 Å². The largest absolute Gasteiger partial charge is 0.495 e. The van der Waals surface area contributed by atoms with Crippen molar-refractivity contribution in [2.24, 2.45) is 0 Å². The van der Waals surface area contributed by atoms with E-state index < -0.39 is 0 Å². The molecular formula is C11H16N2O2. The summed E-state index contributed by atoms with van der Waals surface area (Å²) in [5.74, 6) is 0.865. The summed E-state index contributed by atoms with van der Waals surface area (Å²) in [6, 6.07) is 2.01. The molecule has 2 heterocycles. The fourth-order valence-corrected chi connectivity index (χ4v) is 1.72. The molecule has 0 spiro atoms. The summed E-state index contributed by atoms with van der Waals surface area (Å²) in [5, 5.41) is 0. The summed E-state index contributed by atoms with van der Waals surface area (Å²) in [7, 11) is 1.68. The minimum absolute atomic E-state index is 0.827. The maximum atomic E-state index is 5.31. The number of hydrogen-bond acceptors (Lipinski definition) is 4. The third-order valence-corrected chi connectivity index (χ3v) is 2.59. The second-order valence-corrected chi connectivity index (χ2v) is 3.58. The van der Waals surface area contributed by atoms with Crippen LogP contribution in [0.25, 0.3) is 0 Å². The molecule has 0 aliphatic carbocycles. The number of morpholine rings is 1. The Kier molecular flexibility index (Phi) is 3.53. The van der Waals surface area contributed by atoms with Crippen molar-refractivity contribution in [3.05, 3.63) is 24.0 Å². The van der Waals surface area contributed by atoms with Gasteiger partial charge in [0.05, 0.1) is 26.5 Å². The molecule has 0 amide bonds. The molecule has 1 aliphatic heterocycles. The van der Waals surface area contributed by atoms with Crippen molar-refractivity contribution in [3.63, 3.8) is 0 Å². The van der Waals surface area contributed by atoms with Crippen LogP contribution in [0.1, 0.15) is 5.56 Å². The van der Waals surface area contributed by atoms with E-state index in [0.29, 0.717) is 0 Å². The molecule has 1 aromatic heterocycles. The van der Waals surface area contributed by atoms with Crippen LogP contribution in [0.5, 0.6) is 5.75 Å². The Labute approximate surface area is 89.8 Å². The van der Waals surface area contributed by atoms with Crippen molar-refractivity contribution in [1.29, 1.82) is 0 Å². The van der Waals surface area contributed by atoms with Crippen molar-refractivity contribution in [1.82, 2.24) is 9.88 Å². The Balaban J connectivity index is 2.02. The van der Waals surface area contributed by atoms with Crippen LogP contribution in [-0.4, -0.2) is 43.3 Å². The van der Waals surface area contributed by atoms with Gasteiger partial charge in [0.1, 0.15) is 5.75 Å². The highest BCUT2D eigenvalue weighted by atomic mass is 16.5. The zero-order valence-electron chi connectivity index (χ0n) is 8.98. The van der Waals surface area contributed by atoms with Crippen LogP contribution in [0.4, 0.5) is 0 Å². The van der Waals surface area contributed by atoms with Crippen molar-refractivity contribution < 1.29 is 9.47 Å². The standard InChI is InChI=1S/C11H16N2O2/c1-14-11-8-12-3-2-10(11)9-13-4-6-15-7-5-13/h2-3,8H,4-7,9H2,1H3. The summed E-state index contributed by atoms with van der Waals surface area (Å²) >= 11 is 0. The Hall–Kier alpha value is -1.13. The van der Waals surface area contributed by atoms with Crippen LogP contribution in [0.3, 0.4) is 0 Å². The van der Waals surface area contributed by atoms with E-state index in [4.69, 9.17) is 9.47 Å². The fourth-order valence-electron chi connectivity index (χ4n) is 1.72. The summed E-state index contributed by atoms with van der Waals surface area (Å²) in [4.78, 5) is 6.40. The Morgan fingerprint density at radius 2 is 2.27 bits per heavy atom. The van der Waals surface area contributed by atoms with E-state index in [2.05, 4.69) is 9.88 Å². The summed E-state index contributed by atoms with van der Waals surface area (Å²) in [6.45, 7) is 4.55. The first kappa shape index (κ1) is 10.4. The van der Waals surface area contributed by atoms with E-state index >= 15 is 0 Å². The van der Waals surface area contributed by atoms with Gasteiger partial charge in [-0.15, -0.1) is 0 Å². The molecule has 0 saturated carbocycles. The number of methoxy groups -OCH3 is 1. The lowest BCUT2D eigenvalue weighted by molar-refractivity contribution is 0.0338. The van der Waals surface area contributed by atoms with Gasteiger partial charge in [0.25, 0.3) is 0 Å². The highest BCUT2D eigenvalue weighted by Crippen LogP contribution is 2.18. The maximum absolute atomic E-state index is 5.31. The normalized spacial score (nSPS) is 17.7. The molecule has 1 aliphatic rings. The van der Waals surface area contributed by atoms with Gasteiger partial charge in [-0.2, -0.15) is 0 Å². The molecule has 2 rings (SSSR count). The Morgan fingerprint density at radius 1 is 1.47 bits per heavy atom. The summed E-state index contributed by atoms with van der Waals surface area (Å²) in [5.41, 5.74) is 1.19. The average molecular weight is 208 g/mol. The quantitative estimate of drug-likeness (QED) is 0.740. The number of nitrogens with zero attached hydrogens (tertiary/aromatic N) is 2. The second-order valence-electron chi connectivity index (χ2n) is 3.58. The first-order chi connectivity index (χ1) is 7.40. The van der Waals surface area contributed by atoms with Crippen molar-refractivity contribution in [2.75, 3.05) is 33.4 Å². The molecular weight excluding hydrogens is 192 g/mol. The zero-order chi connectivity index (χ0) is 10.5. The van der Waals surface area contributed by atoms with Gasteiger partial charge in [-0.3, -0.25) is 9.88 Å². The van der Waals surface area contributed by atoms with Gasteiger partial charge in [-0.1, -0.05) is 0 Å². The van der Waals surface area contributed by atoms with Gasteiger partial charge in [-0.05, 0) is 6.07 Å². The third kappa shape index (κ3) is 2.67. The lowest BCUT2D eigenvalue weighted by atomic mass is 10.2. The molecule has 82 valence electrons. The van der Waals surface area contributed by atoms with E-state index in [0.717, 1.165) is 38.6 Å². The van der Waals surface area contributed by atoms with Gasteiger partial charge in [0.15, 0.2) is 0 Å². The van der Waals surface area contributed by atoms with E-state index in [1.807, 2.05) is 6.07 Å². The number of pyridine rings is 1. The van der Waals surface area contributed by atoms with Gasteiger partial charge in [0, 0.05) is 31.4 Å². The molecule has 0 atom stereocenters. The van der Waals surface area contributed by atoms with E-state index in [-0.39, 0.29) is 0 Å². The van der Waals surface area contributed by atoms with E-state index in [1.54, 1.807) is 19.5 Å². The molecule has 0 unspecified atom stereocenters. The Morgan fingerprint density at radius 3 is 3.00 bits per heavy atom. The summed E-state index contributed by atoms with van der Waals surface area (Å²) < 4.78 is 10.6. The topological polar surface area (TPSA) is 34.6 Å². The van der Waals surface area contributed by atoms with Crippen molar-refractivity contribution in [3.8, 4) is 5.75 Å². The minimum Gasteiger partial charge on any atom is -0.495 e. The molecule has 0 N–H and O–H groups in total. The van der Waals surface area contributed by atoms with Gasteiger partial charge < -0.3 is 9.47 Å². The SMILES string of the molecule is COc1cnccc1CN1CCOCC1. The summed E-state index contributed by atoms with van der Waals surface area (Å²) in [6.07, 6.45) is 3.56. The Bertz CT molecular complexity index is 311. The monoisotopic (exact) mass is 208 g/mol. The van der Waals surface area contributed by atoms with Crippen LogP contribution >= 0.6 is 0 Å². The second kappa shape index (κ2) is 5.09. The zero-order valence-corrected chi connectivity index (χ0v) is 8.98. The van der Waals surface area contributed by atoms with Crippen LogP contribution < -0.4 is 4.74 Å². The maximum Gasteiger partial charge on any atom is 0.141 e. The molecule has 0 radical (unpaired) electrons.